The van der Waals surface area contributed by atoms with E-state index in [4.69, 9.17) is 4.42 Å². The summed E-state index contributed by atoms with van der Waals surface area (Å²) in [7, 11) is 1.85. The van der Waals surface area contributed by atoms with E-state index in [1.165, 1.54) is 31.2 Å². The molecule has 2 aliphatic rings. The van der Waals surface area contributed by atoms with Gasteiger partial charge in [-0.1, -0.05) is 30.3 Å². The van der Waals surface area contributed by atoms with Gasteiger partial charge in [-0.3, -0.25) is 9.89 Å². The van der Waals surface area contributed by atoms with Crippen molar-refractivity contribution in [2.45, 2.75) is 56.8 Å². The van der Waals surface area contributed by atoms with Crippen molar-refractivity contribution in [2.24, 2.45) is 4.99 Å². The lowest BCUT2D eigenvalue weighted by molar-refractivity contribution is 0.114. The fourth-order valence-electron chi connectivity index (χ4n) is 4.59. The summed E-state index contributed by atoms with van der Waals surface area (Å²) in [5.41, 5.74) is 1.43. The number of benzene rings is 1. The SMILES string of the molecule is CN=C(NCCc1ccco1)NC1CC2CCC(C1)N2Cc1ccccc1. The molecule has 3 heterocycles. The molecule has 0 radical (unpaired) electrons. The molecule has 0 saturated carbocycles. The van der Waals surface area contributed by atoms with Crippen LogP contribution in [0.2, 0.25) is 0 Å². The molecule has 2 unspecified atom stereocenters. The van der Waals surface area contributed by atoms with Crippen molar-refractivity contribution in [3.63, 3.8) is 0 Å². The first-order valence-electron chi connectivity index (χ1n) is 10.1. The van der Waals surface area contributed by atoms with Crippen LogP contribution in [0.5, 0.6) is 0 Å². The Bertz CT molecular complexity index is 714. The van der Waals surface area contributed by atoms with Gasteiger partial charge in [-0.25, -0.2) is 0 Å². The molecule has 2 bridgehead atoms. The van der Waals surface area contributed by atoms with Crippen molar-refractivity contribution in [1.29, 1.82) is 0 Å². The predicted octanol–water partition coefficient (Wildman–Crippen LogP) is 3.18. The van der Waals surface area contributed by atoms with E-state index in [-0.39, 0.29) is 0 Å². The van der Waals surface area contributed by atoms with Gasteiger partial charge in [-0.2, -0.15) is 0 Å². The van der Waals surface area contributed by atoms with E-state index in [2.05, 4.69) is 50.9 Å². The van der Waals surface area contributed by atoms with Crippen molar-refractivity contribution in [3.8, 4) is 0 Å². The molecule has 2 fully saturated rings. The highest BCUT2D eigenvalue weighted by molar-refractivity contribution is 5.80. The minimum absolute atomic E-state index is 0.504. The van der Waals surface area contributed by atoms with Crippen molar-refractivity contribution < 1.29 is 4.42 Å². The Labute approximate surface area is 161 Å². The largest absolute Gasteiger partial charge is 0.469 e. The molecule has 2 aromatic rings. The predicted molar refractivity (Wildman–Crippen MR) is 109 cm³/mol. The Balaban J connectivity index is 1.27. The summed E-state index contributed by atoms with van der Waals surface area (Å²) in [6, 6.07) is 16.7. The van der Waals surface area contributed by atoms with Crippen LogP contribution in [0.15, 0.2) is 58.1 Å². The second kappa shape index (κ2) is 8.61. The second-order valence-corrected chi connectivity index (χ2v) is 7.68. The molecule has 4 rings (SSSR count). The van der Waals surface area contributed by atoms with Crippen molar-refractivity contribution in [2.75, 3.05) is 13.6 Å². The van der Waals surface area contributed by atoms with Gasteiger partial charge in [0.15, 0.2) is 5.96 Å². The summed E-state index contributed by atoms with van der Waals surface area (Å²) in [5.74, 6) is 1.91. The van der Waals surface area contributed by atoms with Crippen LogP contribution in [0.3, 0.4) is 0 Å². The average Bonchev–Trinajstić information content (AvgIpc) is 3.28. The highest BCUT2D eigenvalue weighted by Gasteiger charge is 2.40. The molecular formula is C22H30N4O. The molecule has 1 aromatic heterocycles. The molecule has 2 saturated heterocycles. The van der Waals surface area contributed by atoms with Gasteiger partial charge in [0.25, 0.3) is 0 Å². The molecular weight excluding hydrogens is 336 g/mol. The maximum Gasteiger partial charge on any atom is 0.191 e. The first-order valence-corrected chi connectivity index (χ1v) is 10.1. The fourth-order valence-corrected chi connectivity index (χ4v) is 4.59. The summed E-state index contributed by atoms with van der Waals surface area (Å²) in [6.07, 6.45) is 7.63. The molecule has 0 spiro atoms. The van der Waals surface area contributed by atoms with Crippen LogP contribution in [-0.4, -0.2) is 42.6 Å². The number of hydrogen-bond acceptors (Lipinski definition) is 3. The number of nitrogens with zero attached hydrogens (tertiary/aromatic N) is 2. The Morgan fingerprint density at radius 2 is 1.89 bits per heavy atom. The lowest BCUT2D eigenvalue weighted by Gasteiger charge is -2.39. The van der Waals surface area contributed by atoms with Gasteiger partial charge < -0.3 is 15.1 Å². The summed E-state index contributed by atoms with van der Waals surface area (Å²) in [6.45, 7) is 1.91. The van der Waals surface area contributed by atoms with Gasteiger partial charge in [0.05, 0.1) is 6.26 Å². The molecule has 2 atom stereocenters. The van der Waals surface area contributed by atoms with E-state index in [1.807, 2.05) is 19.2 Å². The normalized spacial score (nSPS) is 25.5. The number of fused-ring (bicyclic) bond motifs is 2. The van der Waals surface area contributed by atoms with Crippen molar-refractivity contribution in [1.82, 2.24) is 15.5 Å². The minimum atomic E-state index is 0.504. The van der Waals surface area contributed by atoms with Crippen molar-refractivity contribution in [3.05, 3.63) is 60.1 Å². The summed E-state index contributed by atoms with van der Waals surface area (Å²) >= 11 is 0. The van der Waals surface area contributed by atoms with Gasteiger partial charge in [-0.15, -0.1) is 0 Å². The van der Waals surface area contributed by atoms with Crippen LogP contribution in [0.4, 0.5) is 0 Å². The fraction of sp³-hybridized carbons (Fsp3) is 0.500. The van der Waals surface area contributed by atoms with Crippen LogP contribution < -0.4 is 10.6 Å². The van der Waals surface area contributed by atoms with E-state index in [0.717, 1.165) is 31.2 Å². The lowest BCUT2D eigenvalue weighted by atomic mass is 9.96. The highest BCUT2D eigenvalue weighted by atomic mass is 16.3. The van der Waals surface area contributed by atoms with E-state index < -0.39 is 0 Å². The third-order valence-electron chi connectivity index (χ3n) is 5.90. The van der Waals surface area contributed by atoms with Crippen LogP contribution in [0.1, 0.15) is 37.0 Å². The zero-order valence-electron chi connectivity index (χ0n) is 16.1. The number of furan rings is 1. The number of piperidine rings is 1. The van der Waals surface area contributed by atoms with Gasteiger partial charge >= 0.3 is 0 Å². The van der Waals surface area contributed by atoms with Crippen LogP contribution in [0, 0.1) is 0 Å². The summed E-state index contributed by atoms with van der Waals surface area (Å²) in [4.78, 5) is 7.13. The lowest BCUT2D eigenvalue weighted by Crippen LogP contribution is -2.52. The smallest absolute Gasteiger partial charge is 0.191 e. The Kier molecular flexibility index (Phi) is 5.78. The van der Waals surface area contributed by atoms with E-state index in [9.17, 15) is 0 Å². The standard InChI is InChI=1S/C22H30N4O/c1-23-22(24-12-11-21-8-5-13-27-21)25-18-14-19-9-10-20(15-18)26(19)16-17-6-3-2-4-7-17/h2-8,13,18-20H,9-12,14-16H2,1H3,(H2,23,24,25). The maximum atomic E-state index is 5.39. The summed E-state index contributed by atoms with van der Waals surface area (Å²) < 4.78 is 5.39. The third kappa shape index (κ3) is 4.53. The van der Waals surface area contributed by atoms with Crippen LogP contribution in [-0.2, 0) is 13.0 Å². The Hall–Kier alpha value is -2.27. The first kappa shape index (κ1) is 18.1. The molecule has 5 heteroatoms. The number of hydrogen-bond donors (Lipinski definition) is 2. The summed E-state index contributed by atoms with van der Waals surface area (Å²) in [5, 5.41) is 7.07. The van der Waals surface area contributed by atoms with Gasteiger partial charge in [-0.05, 0) is 43.4 Å². The monoisotopic (exact) mass is 366 g/mol. The number of aliphatic imine (C=N–C) groups is 1. The van der Waals surface area contributed by atoms with Crippen LogP contribution in [0.25, 0.3) is 0 Å². The molecule has 2 N–H and O–H groups in total. The first-order chi connectivity index (χ1) is 13.3. The van der Waals surface area contributed by atoms with Crippen molar-refractivity contribution >= 4 is 5.96 Å². The molecule has 5 nitrogen and oxygen atoms in total. The zero-order valence-corrected chi connectivity index (χ0v) is 16.1. The van der Waals surface area contributed by atoms with Gasteiger partial charge in [0, 0.05) is 44.7 Å². The molecule has 2 aliphatic heterocycles. The molecule has 0 amide bonds. The molecule has 144 valence electrons. The van der Waals surface area contributed by atoms with Gasteiger partial charge in [0.1, 0.15) is 5.76 Å². The average molecular weight is 367 g/mol. The Morgan fingerprint density at radius 1 is 1.11 bits per heavy atom. The van der Waals surface area contributed by atoms with Crippen LogP contribution >= 0.6 is 0 Å². The van der Waals surface area contributed by atoms with E-state index in [0.29, 0.717) is 18.1 Å². The zero-order chi connectivity index (χ0) is 18.5. The molecule has 0 aliphatic carbocycles. The topological polar surface area (TPSA) is 52.8 Å². The van der Waals surface area contributed by atoms with Gasteiger partial charge in [0.2, 0.25) is 0 Å². The Morgan fingerprint density at radius 3 is 2.56 bits per heavy atom. The third-order valence-corrected chi connectivity index (χ3v) is 5.90. The highest BCUT2D eigenvalue weighted by Crippen LogP contribution is 2.36. The van der Waals surface area contributed by atoms with E-state index >= 15 is 0 Å². The minimum Gasteiger partial charge on any atom is -0.469 e. The number of nitrogens with one attached hydrogen (secondary N) is 2. The molecule has 1 aromatic carbocycles. The second-order valence-electron chi connectivity index (χ2n) is 7.68. The van der Waals surface area contributed by atoms with E-state index in [1.54, 1.807) is 6.26 Å². The maximum absolute atomic E-state index is 5.39. The quantitative estimate of drug-likeness (QED) is 0.609. The molecule has 27 heavy (non-hydrogen) atoms. The number of rotatable bonds is 6. The number of guanidine groups is 1.